The zero-order valence-electron chi connectivity index (χ0n) is 10.2. The van der Waals surface area contributed by atoms with Gasteiger partial charge in [-0.05, 0) is 13.0 Å². The summed E-state index contributed by atoms with van der Waals surface area (Å²) in [6.45, 7) is 1.87. The van der Waals surface area contributed by atoms with Gasteiger partial charge in [-0.1, -0.05) is 60.7 Å². The molecule has 0 radical (unpaired) electrons. The highest BCUT2D eigenvalue weighted by Gasteiger charge is 2.30. The SMILES string of the molecule is C\C=C/C=C\C=C\C(O)(O)C(=O)c1ccccc1. The van der Waals surface area contributed by atoms with E-state index in [1.165, 1.54) is 18.2 Å². The Kier molecular flexibility index (Phi) is 5.24. The van der Waals surface area contributed by atoms with Gasteiger partial charge in [0.25, 0.3) is 0 Å². The quantitative estimate of drug-likeness (QED) is 0.474. The minimum atomic E-state index is -2.48. The molecule has 0 saturated heterocycles. The number of ketones is 1. The first-order chi connectivity index (χ1) is 8.58. The molecule has 0 saturated carbocycles. The maximum atomic E-state index is 11.8. The Morgan fingerprint density at radius 1 is 1.06 bits per heavy atom. The molecule has 0 amide bonds. The molecule has 0 fully saturated rings. The van der Waals surface area contributed by atoms with Crippen molar-refractivity contribution in [1.82, 2.24) is 0 Å². The van der Waals surface area contributed by atoms with Gasteiger partial charge in [0.2, 0.25) is 11.6 Å². The Morgan fingerprint density at radius 3 is 2.28 bits per heavy atom. The Bertz CT molecular complexity index is 468. The molecule has 0 bridgehead atoms. The minimum absolute atomic E-state index is 0.254. The fourth-order valence-corrected chi connectivity index (χ4v) is 1.31. The summed E-state index contributed by atoms with van der Waals surface area (Å²) in [4.78, 5) is 11.8. The van der Waals surface area contributed by atoms with Crippen molar-refractivity contribution >= 4 is 5.78 Å². The first-order valence-electron chi connectivity index (χ1n) is 5.59. The highest BCUT2D eigenvalue weighted by molar-refractivity contribution is 6.02. The monoisotopic (exact) mass is 244 g/mol. The van der Waals surface area contributed by atoms with Gasteiger partial charge < -0.3 is 10.2 Å². The molecule has 3 nitrogen and oxygen atoms in total. The van der Waals surface area contributed by atoms with Gasteiger partial charge in [0.15, 0.2) is 0 Å². The summed E-state index contributed by atoms with van der Waals surface area (Å²) in [5, 5.41) is 19.3. The van der Waals surface area contributed by atoms with Crippen LogP contribution in [0.1, 0.15) is 17.3 Å². The Balaban J connectivity index is 2.77. The number of benzene rings is 1. The second-order valence-electron chi connectivity index (χ2n) is 3.69. The molecule has 1 aromatic carbocycles. The van der Waals surface area contributed by atoms with E-state index in [1.807, 2.05) is 13.0 Å². The van der Waals surface area contributed by atoms with E-state index < -0.39 is 11.6 Å². The number of aliphatic hydroxyl groups is 2. The van der Waals surface area contributed by atoms with Crippen LogP contribution in [0.4, 0.5) is 0 Å². The van der Waals surface area contributed by atoms with Crippen LogP contribution in [0.2, 0.25) is 0 Å². The molecule has 0 aliphatic rings. The van der Waals surface area contributed by atoms with Gasteiger partial charge in [-0.25, -0.2) is 0 Å². The average molecular weight is 244 g/mol. The molecule has 1 rings (SSSR count). The van der Waals surface area contributed by atoms with Gasteiger partial charge in [-0.15, -0.1) is 0 Å². The van der Waals surface area contributed by atoms with Crippen LogP contribution in [-0.2, 0) is 0 Å². The minimum Gasteiger partial charge on any atom is -0.356 e. The van der Waals surface area contributed by atoms with Gasteiger partial charge in [0, 0.05) is 5.56 Å². The summed E-state index contributed by atoms with van der Waals surface area (Å²) in [5.41, 5.74) is 0.254. The zero-order valence-corrected chi connectivity index (χ0v) is 10.2. The number of hydrogen-bond donors (Lipinski definition) is 2. The number of hydrogen-bond acceptors (Lipinski definition) is 3. The van der Waals surface area contributed by atoms with E-state index >= 15 is 0 Å². The lowest BCUT2D eigenvalue weighted by molar-refractivity contribution is -0.0825. The molecule has 0 aromatic heterocycles. The molecule has 94 valence electrons. The maximum Gasteiger partial charge on any atom is 0.249 e. The molecule has 0 spiro atoms. The van der Waals surface area contributed by atoms with E-state index in [1.54, 1.807) is 36.4 Å². The van der Waals surface area contributed by atoms with E-state index in [4.69, 9.17) is 0 Å². The average Bonchev–Trinajstić information content (AvgIpc) is 2.38. The van der Waals surface area contributed by atoms with Crippen LogP contribution >= 0.6 is 0 Å². The number of carbonyl (C=O) groups is 1. The third-order valence-electron chi connectivity index (χ3n) is 2.22. The molecular weight excluding hydrogens is 228 g/mol. The summed E-state index contributed by atoms with van der Waals surface area (Å²) in [5.74, 6) is -3.24. The summed E-state index contributed by atoms with van der Waals surface area (Å²) in [6.07, 6.45) is 9.42. The van der Waals surface area contributed by atoms with Crippen LogP contribution in [0.25, 0.3) is 0 Å². The molecule has 0 atom stereocenters. The topological polar surface area (TPSA) is 57.5 Å². The van der Waals surface area contributed by atoms with Crippen molar-refractivity contribution in [2.24, 2.45) is 0 Å². The van der Waals surface area contributed by atoms with E-state index in [2.05, 4.69) is 0 Å². The zero-order chi connectivity index (χ0) is 13.4. The Labute approximate surface area is 106 Å². The summed E-state index contributed by atoms with van der Waals surface area (Å²) in [7, 11) is 0. The lowest BCUT2D eigenvalue weighted by Gasteiger charge is -2.15. The summed E-state index contributed by atoms with van der Waals surface area (Å²) >= 11 is 0. The largest absolute Gasteiger partial charge is 0.356 e. The summed E-state index contributed by atoms with van der Waals surface area (Å²) in [6, 6.07) is 8.15. The predicted octanol–water partition coefficient (Wildman–Crippen LogP) is 2.24. The van der Waals surface area contributed by atoms with Crippen molar-refractivity contribution in [2.45, 2.75) is 12.7 Å². The highest BCUT2D eigenvalue weighted by atomic mass is 16.5. The van der Waals surface area contributed by atoms with E-state index in [9.17, 15) is 15.0 Å². The normalized spacial score (nSPS) is 12.8. The predicted molar refractivity (Wildman–Crippen MR) is 71.0 cm³/mol. The molecule has 0 heterocycles. The first-order valence-corrected chi connectivity index (χ1v) is 5.59. The second kappa shape index (κ2) is 6.69. The fraction of sp³-hybridized carbons (Fsp3) is 0.133. The van der Waals surface area contributed by atoms with Crippen LogP contribution < -0.4 is 0 Å². The fourth-order valence-electron chi connectivity index (χ4n) is 1.31. The van der Waals surface area contributed by atoms with Crippen molar-refractivity contribution in [3.05, 3.63) is 72.4 Å². The first kappa shape index (κ1) is 14.1. The Hall–Kier alpha value is -1.97. The second-order valence-corrected chi connectivity index (χ2v) is 3.69. The van der Waals surface area contributed by atoms with E-state index in [-0.39, 0.29) is 5.56 Å². The van der Waals surface area contributed by atoms with Crippen molar-refractivity contribution in [1.29, 1.82) is 0 Å². The molecule has 3 heteroatoms. The maximum absolute atomic E-state index is 11.8. The molecule has 0 aliphatic carbocycles. The third-order valence-corrected chi connectivity index (χ3v) is 2.22. The molecule has 0 unspecified atom stereocenters. The number of allylic oxidation sites excluding steroid dienone is 5. The molecule has 18 heavy (non-hydrogen) atoms. The molecule has 1 aromatic rings. The van der Waals surface area contributed by atoms with Crippen molar-refractivity contribution in [3.63, 3.8) is 0 Å². The lowest BCUT2D eigenvalue weighted by atomic mass is 10.0. The van der Waals surface area contributed by atoms with Crippen molar-refractivity contribution in [3.8, 4) is 0 Å². The van der Waals surface area contributed by atoms with Gasteiger partial charge in [0.05, 0.1) is 0 Å². The van der Waals surface area contributed by atoms with E-state index in [0.29, 0.717) is 0 Å². The molecular formula is C15H16O3. The van der Waals surface area contributed by atoms with Gasteiger partial charge >= 0.3 is 0 Å². The van der Waals surface area contributed by atoms with Crippen LogP contribution in [0.15, 0.2) is 66.8 Å². The third kappa shape index (κ3) is 4.13. The number of carbonyl (C=O) groups excluding carboxylic acids is 1. The van der Waals surface area contributed by atoms with Crippen LogP contribution in [-0.4, -0.2) is 21.8 Å². The van der Waals surface area contributed by atoms with Crippen LogP contribution in [0.3, 0.4) is 0 Å². The lowest BCUT2D eigenvalue weighted by Crippen LogP contribution is -2.36. The van der Waals surface area contributed by atoms with Crippen LogP contribution in [0.5, 0.6) is 0 Å². The molecule has 2 N–H and O–H groups in total. The van der Waals surface area contributed by atoms with E-state index in [0.717, 1.165) is 6.08 Å². The van der Waals surface area contributed by atoms with Crippen molar-refractivity contribution < 1.29 is 15.0 Å². The smallest absolute Gasteiger partial charge is 0.249 e. The number of rotatable bonds is 5. The summed E-state index contributed by atoms with van der Waals surface area (Å²) < 4.78 is 0. The number of Topliss-reactive ketones (excluding diaryl/α,β-unsaturated/α-hetero) is 1. The Morgan fingerprint density at radius 2 is 1.67 bits per heavy atom. The molecule has 0 aliphatic heterocycles. The van der Waals surface area contributed by atoms with Gasteiger partial charge in [-0.3, -0.25) is 4.79 Å². The van der Waals surface area contributed by atoms with Crippen LogP contribution in [0, 0.1) is 0 Å². The highest BCUT2D eigenvalue weighted by Crippen LogP contribution is 2.12. The van der Waals surface area contributed by atoms with Gasteiger partial charge in [0.1, 0.15) is 0 Å². The van der Waals surface area contributed by atoms with Gasteiger partial charge in [-0.2, -0.15) is 0 Å². The van der Waals surface area contributed by atoms with Crippen molar-refractivity contribution in [2.75, 3.05) is 0 Å². The standard InChI is InChI=1S/C15H16O3/c1-2-3-4-5-9-12-15(17,18)14(16)13-10-7-6-8-11-13/h2-12,17-18H,1H3/b3-2-,5-4-,12-9+.